The van der Waals surface area contributed by atoms with Crippen molar-refractivity contribution in [2.45, 2.75) is 52.5 Å². The van der Waals surface area contributed by atoms with Crippen LogP contribution in [-0.4, -0.2) is 34.4 Å². The molecule has 176 valence electrons. The molecule has 33 heavy (non-hydrogen) atoms. The van der Waals surface area contributed by atoms with Crippen molar-refractivity contribution in [1.29, 1.82) is 0 Å². The lowest BCUT2D eigenvalue weighted by molar-refractivity contribution is -0.111. The fourth-order valence-electron chi connectivity index (χ4n) is 4.21. The molecule has 2 aromatic carbocycles. The van der Waals surface area contributed by atoms with Crippen LogP contribution >= 0.6 is 0 Å². The number of nitrogens with zero attached hydrogens (tertiary/aromatic N) is 2. The number of unbranched alkanes of at least 4 members (excludes halogenated alkanes) is 1. The van der Waals surface area contributed by atoms with E-state index in [9.17, 15) is 14.7 Å². The van der Waals surface area contributed by atoms with Crippen molar-refractivity contribution in [2.24, 2.45) is 0 Å². The Labute approximate surface area is 194 Å². The Hall–Kier alpha value is -3.16. The molecule has 0 atom stereocenters. The highest BCUT2D eigenvalue weighted by atomic mass is 16.7. The van der Waals surface area contributed by atoms with Crippen LogP contribution in [0.25, 0.3) is 11.1 Å². The number of imidazole rings is 1. The van der Waals surface area contributed by atoms with Gasteiger partial charge in [0.15, 0.2) is 6.29 Å². The van der Waals surface area contributed by atoms with Gasteiger partial charge in [-0.1, -0.05) is 55.8 Å². The van der Waals surface area contributed by atoms with E-state index in [0.717, 1.165) is 41.8 Å². The summed E-state index contributed by atoms with van der Waals surface area (Å²) in [5.41, 5.74) is 4.32. The van der Waals surface area contributed by atoms with E-state index in [-0.39, 0.29) is 11.3 Å². The van der Waals surface area contributed by atoms with Crippen molar-refractivity contribution in [3.63, 3.8) is 0 Å². The molecule has 3 rings (SSSR count). The van der Waals surface area contributed by atoms with E-state index in [1.54, 1.807) is 41.6 Å². The largest absolute Gasteiger partial charge is 0.478 e. The second-order valence-electron chi connectivity index (χ2n) is 7.90. The van der Waals surface area contributed by atoms with Crippen molar-refractivity contribution in [2.75, 3.05) is 14.2 Å². The van der Waals surface area contributed by atoms with Gasteiger partial charge >= 0.3 is 11.7 Å². The molecule has 0 amide bonds. The topological polar surface area (TPSA) is 82.7 Å². The van der Waals surface area contributed by atoms with Gasteiger partial charge in [-0.15, -0.1) is 0 Å². The number of ether oxygens (including phenoxy) is 2. The van der Waals surface area contributed by atoms with E-state index < -0.39 is 12.3 Å². The summed E-state index contributed by atoms with van der Waals surface area (Å²) in [4.78, 5) is 24.9. The van der Waals surface area contributed by atoms with Crippen molar-refractivity contribution >= 4 is 5.97 Å². The molecule has 3 aromatic rings. The van der Waals surface area contributed by atoms with Gasteiger partial charge in [0, 0.05) is 26.5 Å². The average Bonchev–Trinajstić information content (AvgIpc) is 3.09. The zero-order valence-corrected chi connectivity index (χ0v) is 19.7. The fraction of sp³-hybridized carbons (Fsp3) is 0.385. The normalized spacial score (nSPS) is 11.3. The number of hydrogen-bond donors (Lipinski definition) is 1. The minimum Gasteiger partial charge on any atom is -0.478 e. The van der Waals surface area contributed by atoms with E-state index in [1.165, 1.54) is 0 Å². The third-order valence-corrected chi connectivity index (χ3v) is 5.87. The van der Waals surface area contributed by atoms with E-state index in [4.69, 9.17) is 9.47 Å². The van der Waals surface area contributed by atoms with Crippen LogP contribution < -0.4 is 5.69 Å². The van der Waals surface area contributed by atoms with E-state index in [0.29, 0.717) is 18.7 Å². The third-order valence-electron chi connectivity index (χ3n) is 5.87. The SMILES string of the molecule is CCCCc1c(C(OC)OC)n(CC)c(=O)n1Cc1ccc(-c2ccccc2C(=O)O)cc1. The van der Waals surface area contributed by atoms with Crippen LogP contribution in [0.15, 0.2) is 53.3 Å². The lowest BCUT2D eigenvalue weighted by Crippen LogP contribution is -2.26. The summed E-state index contributed by atoms with van der Waals surface area (Å²) in [6, 6.07) is 14.6. The average molecular weight is 453 g/mol. The molecule has 1 N–H and O–H groups in total. The number of benzene rings is 2. The molecular formula is C26H32N2O5. The Morgan fingerprint density at radius 3 is 2.24 bits per heavy atom. The number of carboxylic acids is 1. The minimum atomic E-state index is -0.957. The van der Waals surface area contributed by atoms with Crippen LogP contribution in [0, 0.1) is 0 Å². The molecule has 0 unspecified atom stereocenters. The summed E-state index contributed by atoms with van der Waals surface area (Å²) in [5, 5.41) is 9.48. The predicted molar refractivity (Wildman–Crippen MR) is 128 cm³/mol. The quantitative estimate of drug-likeness (QED) is 0.426. The Morgan fingerprint density at radius 1 is 1.00 bits per heavy atom. The number of aromatic nitrogens is 2. The molecule has 0 aliphatic heterocycles. The Balaban J connectivity index is 2.01. The molecule has 1 aromatic heterocycles. The lowest BCUT2D eigenvalue weighted by atomic mass is 9.98. The Kier molecular flexibility index (Phi) is 8.25. The van der Waals surface area contributed by atoms with Crippen LogP contribution in [0.5, 0.6) is 0 Å². The van der Waals surface area contributed by atoms with Gasteiger partial charge in [0.05, 0.1) is 17.8 Å². The summed E-state index contributed by atoms with van der Waals surface area (Å²) < 4.78 is 14.6. The monoisotopic (exact) mass is 452 g/mol. The molecule has 7 heteroatoms. The summed E-state index contributed by atoms with van der Waals surface area (Å²) in [7, 11) is 3.15. The maximum atomic E-state index is 13.3. The van der Waals surface area contributed by atoms with Crippen molar-refractivity contribution < 1.29 is 19.4 Å². The van der Waals surface area contributed by atoms with Crippen molar-refractivity contribution in [1.82, 2.24) is 9.13 Å². The van der Waals surface area contributed by atoms with Gasteiger partial charge in [-0.3, -0.25) is 9.13 Å². The molecule has 0 saturated heterocycles. The first-order valence-electron chi connectivity index (χ1n) is 11.3. The molecule has 0 aliphatic rings. The molecule has 0 fully saturated rings. The number of aromatic carboxylic acids is 1. The summed E-state index contributed by atoms with van der Waals surface area (Å²) in [5.74, 6) is -0.957. The number of hydrogen-bond acceptors (Lipinski definition) is 4. The third kappa shape index (κ3) is 5.10. The molecule has 0 spiro atoms. The first-order valence-corrected chi connectivity index (χ1v) is 11.3. The first kappa shape index (κ1) is 24.5. The molecule has 0 radical (unpaired) electrons. The van der Waals surface area contributed by atoms with Crippen LogP contribution in [0.1, 0.15) is 60.3 Å². The first-order chi connectivity index (χ1) is 16.0. The number of carboxylic acid groups (broad SMARTS) is 1. The highest BCUT2D eigenvalue weighted by Gasteiger charge is 2.25. The van der Waals surface area contributed by atoms with Crippen molar-refractivity contribution in [3.05, 3.63) is 81.5 Å². The molecule has 7 nitrogen and oxygen atoms in total. The van der Waals surface area contributed by atoms with Gasteiger partial charge in [0.25, 0.3) is 0 Å². The Morgan fingerprint density at radius 2 is 1.67 bits per heavy atom. The van der Waals surface area contributed by atoms with E-state index in [2.05, 4.69) is 6.92 Å². The second-order valence-corrected chi connectivity index (χ2v) is 7.90. The van der Waals surface area contributed by atoms with Crippen molar-refractivity contribution in [3.8, 4) is 11.1 Å². The van der Waals surface area contributed by atoms with E-state index >= 15 is 0 Å². The molecule has 0 bridgehead atoms. The summed E-state index contributed by atoms with van der Waals surface area (Å²) in [6.07, 6.45) is 2.10. The minimum absolute atomic E-state index is 0.0852. The molecule has 0 saturated carbocycles. The highest BCUT2D eigenvalue weighted by Crippen LogP contribution is 2.26. The molecular weight excluding hydrogens is 420 g/mol. The van der Waals surface area contributed by atoms with Gasteiger partial charge in [-0.2, -0.15) is 0 Å². The van der Waals surface area contributed by atoms with Crippen LogP contribution in [-0.2, 0) is 29.0 Å². The fourth-order valence-corrected chi connectivity index (χ4v) is 4.21. The zero-order valence-electron chi connectivity index (χ0n) is 19.7. The lowest BCUT2D eigenvalue weighted by Gasteiger charge is -2.17. The van der Waals surface area contributed by atoms with Crippen LogP contribution in [0.4, 0.5) is 0 Å². The smallest absolute Gasteiger partial charge is 0.336 e. The maximum Gasteiger partial charge on any atom is 0.336 e. The van der Waals surface area contributed by atoms with Crippen LogP contribution in [0.2, 0.25) is 0 Å². The van der Waals surface area contributed by atoms with Gasteiger partial charge in [-0.25, -0.2) is 9.59 Å². The predicted octanol–water partition coefficient (Wildman–Crippen LogP) is 4.72. The Bertz CT molecular complexity index is 1140. The van der Waals surface area contributed by atoms with Gasteiger partial charge in [0.1, 0.15) is 0 Å². The van der Waals surface area contributed by atoms with Gasteiger partial charge < -0.3 is 14.6 Å². The van der Waals surface area contributed by atoms with Gasteiger partial charge in [-0.05, 0) is 42.5 Å². The zero-order chi connectivity index (χ0) is 24.0. The highest BCUT2D eigenvalue weighted by molar-refractivity contribution is 5.95. The summed E-state index contributed by atoms with van der Waals surface area (Å²) >= 11 is 0. The maximum absolute atomic E-state index is 13.3. The molecule has 1 heterocycles. The number of rotatable bonds is 11. The molecule has 0 aliphatic carbocycles. The van der Waals surface area contributed by atoms with E-state index in [1.807, 2.05) is 37.3 Å². The standard InChI is InChI=1S/C26H32N2O5/c1-5-7-12-22-23(25(32-3)33-4)27(6-2)26(31)28(22)17-18-13-15-19(16-14-18)20-10-8-9-11-21(20)24(29)30/h8-11,13-16,25H,5-7,12,17H2,1-4H3,(H,29,30). The number of methoxy groups -OCH3 is 2. The second kappa shape index (κ2) is 11.1. The number of carbonyl (C=O) groups is 1. The summed E-state index contributed by atoms with van der Waals surface area (Å²) in [6.45, 7) is 5.00. The van der Waals surface area contributed by atoms with Crippen LogP contribution in [0.3, 0.4) is 0 Å². The van der Waals surface area contributed by atoms with Gasteiger partial charge in [0.2, 0.25) is 0 Å².